The highest BCUT2D eigenvalue weighted by Gasteiger charge is 2.37. The van der Waals surface area contributed by atoms with Gasteiger partial charge in [0.2, 0.25) is 5.91 Å². The third-order valence-electron chi connectivity index (χ3n) is 5.46. The lowest BCUT2D eigenvalue weighted by Crippen LogP contribution is -2.54. The Morgan fingerprint density at radius 2 is 1.82 bits per heavy atom. The first kappa shape index (κ1) is 22.9. The second-order valence-corrected chi connectivity index (χ2v) is 7.87. The first-order valence-electron chi connectivity index (χ1n) is 10.7. The molecule has 174 valence electrons. The Balaban J connectivity index is 1.69. The van der Waals surface area contributed by atoms with Crippen LogP contribution >= 0.6 is 0 Å². The van der Waals surface area contributed by atoms with Crippen LogP contribution in [0.1, 0.15) is 11.1 Å². The Bertz CT molecular complexity index is 1310. The molecule has 0 aliphatic carbocycles. The molecule has 9 nitrogen and oxygen atoms in total. The standard InChI is InChI=1S/C25H24N4O5/c1-16-7-9-18(10-8-16)29-24(32)20(23(31)27-25(29)33)13-17-14-28(15-22(30)26-11-12-34-2)21-6-4-3-5-19(17)21/h3-10,13-14H,11-12,15H2,1-2H3,(H,26,30)(H,27,31,33). The number of benzene rings is 2. The molecule has 4 rings (SSSR count). The summed E-state index contributed by atoms with van der Waals surface area (Å²) in [7, 11) is 1.56. The summed E-state index contributed by atoms with van der Waals surface area (Å²) < 4.78 is 6.70. The largest absolute Gasteiger partial charge is 0.383 e. The molecule has 0 unspecified atom stereocenters. The van der Waals surface area contributed by atoms with Crippen LogP contribution in [0.15, 0.2) is 60.3 Å². The number of anilines is 1. The summed E-state index contributed by atoms with van der Waals surface area (Å²) in [5.41, 5.74) is 2.51. The number of hydrogen-bond acceptors (Lipinski definition) is 5. The quantitative estimate of drug-likeness (QED) is 0.320. The second kappa shape index (κ2) is 9.72. The van der Waals surface area contributed by atoms with Crippen LogP contribution < -0.4 is 15.5 Å². The van der Waals surface area contributed by atoms with E-state index in [0.29, 0.717) is 24.4 Å². The molecule has 0 radical (unpaired) electrons. The number of urea groups is 1. The fourth-order valence-electron chi connectivity index (χ4n) is 3.77. The predicted molar refractivity (Wildman–Crippen MR) is 127 cm³/mol. The molecule has 2 aromatic carbocycles. The number of hydrogen-bond donors (Lipinski definition) is 2. The van der Waals surface area contributed by atoms with Crippen LogP contribution in [-0.4, -0.2) is 48.6 Å². The van der Waals surface area contributed by atoms with Crippen LogP contribution in [-0.2, 0) is 25.7 Å². The molecule has 0 bridgehead atoms. The smallest absolute Gasteiger partial charge is 0.335 e. The van der Waals surface area contributed by atoms with Crippen molar-refractivity contribution < 1.29 is 23.9 Å². The highest BCUT2D eigenvalue weighted by atomic mass is 16.5. The van der Waals surface area contributed by atoms with Crippen molar-refractivity contribution in [2.24, 2.45) is 0 Å². The normalized spacial score (nSPS) is 15.2. The Kier molecular flexibility index (Phi) is 6.55. The fraction of sp³-hybridized carbons (Fsp3) is 0.200. The third-order valence-corrected chi connectivity index (χ3v) is 5.46. The third kappa shape index (κ3) is 4.60. The van der Waals surface area contributed by atoms with Gasteiger partial charge in [0.05, 0.1) is 12.3 Å². The van der Waals surface area contributed by atoms with E-state index in [2.05, 4.69) is 10.6 Å². The van der Waals surface area contributed by atoms with Crippen LogP contribution in [0.25, 0.3) is 17.0 Å². The monoisotopic (exact) mass is 460 g/mol. The number of nitrogens with one attached hydrogen (secondary N) is 2. The van der Waals surface area contributed by atoms with Crippen molar-refractivity contribution in [3.05, 3.63) is 71.4 Å². The average Bonchev–Trinajstić information content (AvgIpc) is 3.15. The minimum absolute atomic E-state index is 0.0571. The summed E-state index contributed by atoms with van der Waals surface area (Å²) in [4.78, 5) is 51.5. The molecule has 1 aliphatic rings. The van der Waals surface area contributed by atoms with Gasteiger partial charge in [0, 0.05) is 36.3 Å². The van der Waals surface area contributed by atoms with Crippen molar-refractivity contribution in [2.45, 2.75) is 13.5 Å². The van der Waals surface area contributed by atoms with Gasteiger partial charge < -0.3 is 14.6 Å². The minimum Gasteiger partial charge on any atom is -0.383 e. The predicted octanol–water partition coefficient (Wildman–Crippen LogP) is 2.38. The summed E-state index contributed by atoms with van der Waals surface area (Å²) >= 11 is 0. The SMILES string of the molecule is COCCNC(=O)Cn1cc(C=C2C(=O)NC(=O)N(c3ccc(C)cc3)C2=O)c2ccccc21. The number of aromatic nitrogens is 1. The van der Waals surface area contributed by atoms with Crippen LogP contribution in [0.4, 0.5) is 10.5 Å². The number of rotatable bonds is 7. The number of carbonyl (C=O) groups excluding carboxylic acids is 4. The molecule has 0 atom stereocenters. The van der Waals surface area contributed by atoms with E-state index in [-0.39, 0.29) is 18.0 Å². The zero-order chi connectivity index (χ0) is 24.2. The van der Waals surface area contributed by atoms with Gasteiger partial charge in [-0.1, -0.05) is 35.9 Å². The molecule has 1 aromatic heterocycles. The van der Waals surface area contributed by atoms with Crippen molar-refractivity contribution >= 4 is 46.4 Å². The van der Waals surface area contributed by atoms with Crippen molar-refractivity contribution in [1.29, 1.82) is 0 Å². The summed E-state index contributed by atoms with van der Waals surface area (Å²) in [6.45, 7) is 2.75. The number of ether oxygens (including phenoxy) is 1. The first-order valence-corrected chi connectivity index (χ1v) is 10.7. The van der Waals surface area contributed by atoms with Crippen molar-refractivity contribution in [2.75, 3.05) is 25.2 Å². The second-order valence-electron chi connectivity index (χ2n) is 7.87. The lowest BCUT2D eigenvalue weighted by atomic mass is 10.1. The molecule has 3 aromatic rings. The summed E-state index contributed by atoms with van der Waals surface area (Å²) in [6.07, 6.45) is 3.16. The van der Waals surface area contributed by atoms with Crippen LogP contribution in [0.5, 0.6) is 0 Å². The lowest BCUT2D eigenvalue weighted by Gasteiger charge is -2.26. The van der Waals surface area contributed by atoms with E-state index in [4.69, 9.17) is 4.74 Å². The Labute approximate surface area is 196 Å². The highest BCUT2D eigenvalue weighted by molar-refractivity contribution is 6.39. The van der Waals surface area contributed by atoms with Gasteiger partial charge in [0.15, 0.2) is 0 Å². The van der Waals surface area contributed by atoms with Crippen LogP contribution in [0, 0.1) is 6.92 Å². The summed E-state index contributed by atoms with van der Waals surface area (Å²) in [5.74, 6) is -1.68. The molecule has 2 heterocycles. The number of imide groups is 2. The number of barbiturate groups is 1. The molecular formula is C25H24N4O5. The molecule has 34 heavy (non-hydrogen) atoms. The average molecular weight is 460 g/mol. The topological polar surface area (TPSA) is 110 Å². The van der Waals surface area contributed by atoms with Gasteiger partial charge in [-0.05, 0) is 31.2 Å². The summed E-state index contributed by atoms with van der Waals surface area (Å²) in [5, 5.41) is 5.77. The maximum Gasteiger partial charge on any atom is 0.335 e. The molecule has 0 saturated carbocycles. The highest BCUT2D eigenvalue weighted by Crippen LogP contribution is 2.26. The van der Waals surface area contributed by atoms with Gasteiger partial charge in [-0.15, -0.1) is 0 Å². The zero-order valence-corrected chi connectivity index (χ0v) is 18.8. The molecule has 5 amide bonds. The number of methoxy groups -OCH3 is 1. The number of aryl methyl sites for hydroxylation is 1. The molecule has 0 spiro atoms. The maximum absolute atomic E-state index is 13.2. The van der Waals surface area contributed by atoms with E-state index in [1.54, 1.807) is 42.1 Å². The Morgan fingerprint density at radius 3 is 2.56 bits per heavy atom. The number of fused-ring (bicyclic) bond motifs is 1. The molecular weight excluding hydrogens is 436 g/mol. The van der Waals surface area contributed by atoms with Gasteiger partial charge in [-0.25, -0.2) is 9.69 Å². The molecule has 1 aliphatic heterocycles. The van der Waals surface area contributed by atoms with E-state index in [0.717, 1.165) is 21.4 Å². The number of amides is 5. The van der Waals surface area contributed by atoms with E-state index in [1.165, 1.54) is 6.08 Å². The Morgan fingerprint density at radius 1 is 1.09 bits per heavy atom. The van der Waals surface area contributed by atoms with Gasteiger partial charge in [0.25, 0.3) is 11.8 Å². The lowest BCUT2D eigenvalue weighted by molar-refractivity contribution is -0.123. The van der Waals surface area contributed by atoms with Gasteiger partial charge in [-0.2, -0.15) is 0 Å². The van der Waals surface area contributed by atoms with Crippen LogP contribution in [0.2, 0.25) is 0 Å². The van der Waals surface area contributed by atoms with Gasteiger partial charge in [0.1, 0.15) is 12.1 Å². The fourth-order valence-corrected chi connectivity index (χ4v) is 3.77. The number of para-hydroxylation sites is 1. The molecule has 1 saturated heterocycles. The number of nitrogens with zero attached hydrogens (tertiary/aromatic N) is 2. The number of carbonyl (C=O) groups is 4. The van der Waals surface area contributed by atoms with E-state index in [1.807, 2.05) is 31.2 Å². The molecule has 9 heteroatoms. The van der Waals surface area contributed by atoms with Gasteiger partial charge >= 0.3 is 6.03 Å². The molecule has 1 fully saturated rings. The van der Waals surface area contributed by atoms with Crippen LogP contribution in [0.3, 0.4) is 0 Å². The van der Waals surface area contributed by atoms with Crippen molar-refractivity contribution in [1.82, 2.24) is 15.2 Å². The van der Waals surface area contributed by atoms with E-state index >= 15 is 0 Å². The van der Waals surface area contributed by atoms with Gasteiger partial charge in [-0.3, -0.25) is 19.7 Å². The summed E-state index contributed by atoms with van der Waals surface area (Å²) in [6, 6.07) is 13.4. The zero-order valence-electron chi connectivity index (χ0n) is 18.8. The minimum atomic E-state index is -0.800. The molecule has 2 N–H and O–H groups in total. The van der Waals surface area contributed by atoms with Crippen molar-refractivity contribution in [3.63, 3.8) is 0 Å². The van der Waals surface area contributed by atoms with E-state index < -0.39 is 17.8 Å². The Hall–Kier alpha value is -4.24. The van der Waals surface area contributed by atoms with Crippen molar-refractivity contribution in [3.8, 4) is 0 Å². The first-order chi connectivity index (χ1) is 16.4. The van der Waals surface area contributed by atoms with E-state index in [9.17, 15) is 19.2 Å². The maximum atomic E-state index is 13.2.